The summed E-state index contributed by atoms with van der Waals surface area (Å²) in [6.07, 6.45) is 7.27. The number of pyridine rings is 1. The Bertz CT molecular complexity index is 1050. The first-order chi connectivity index (χ1) is 15.0. The summed E-state index contributed by atoms with van der Waals surface area (Å²) >= 11 is 0. The van der Waals surface area contributed by atoms with E-state index in [9.17, 15) is 9.00 Å². The van der Waals surface area contributed by atoms with Gasteiger partial charge in [0.2, 0.25) is 0 Å². The van der Waals surface area contributed by atoms with Crippen LogP contribution in [0.2, 0.25) is 0 Å². The molecule has 1 saturated heterocycles. The van der Waals surface area contributed by atoms with Crippen LogP contribution in [0.3, 0.4) is 0 Å². The summed E-state index contributed by atoms with van der Waals surface area (Å²) in [7, 11) is -0.980. The van der Waals surface area contributed by atoms with Gasteiger partial charge >= 0.3 is 0 Å². The fraction of sp³-hybridized carbons (Fsp3) is 0.417. The van der Waals surface area contributed by atoms with Crippen molar-refractivity contribution in [2.24, 2.45) is 5.92 Å². The van der Waals surface area contributed by atoms with E-state index >= 15 is 0 Å². The minimum absolute atomic E-state index is 0.128. The number of amides is 1. The molecule has 3 heterocycles. The van der Waals surface area contributed by atoms with E-state index in [1.54, 1.807) is 18.5 Å². The summed E-state index contributed by atoms with van der Waals surface area (Å²) in [6, 6.07) is 11.4. The van der Waals surface area contributed by atoms with Crippen molar-refractivity contribution in [1.29, 1.82) is 0 Å². The summed E-state index contributed by atoms with van der Waals surface area (Å²) in [4.78, 5) is 20.0. The number of nitrogens with one attached hydrogen (secondary N) is 1. The fourth-order valence-electron chi connectivity index (χ4n) is 4.09. The summed E-state index contributed by atoms with van der Waals surface area (Å²) in [5, 5.41) is 3.18. The number of imidazole rings is 1. The summed E-state index contributed by atoms with van der Waals surface area (Å²) in [5.74, 6) is 0.542. The smallest absolute Gasteiger partial charge is 0.253 e. The maximum absolute atomic E-state index is 13.0. The van der Waals surface area contributed by atoms with Gasteiger partial charge in [-0.1, -0.05) is 26.0 Å². The third kappa shape index (κ3) is 5.40. The Morgan fingerprint density at radius 3 is 2.61 bits per heavy atom. The molecule has 4 rings (SSSR count). The number of benzene rings is 1. The highest BCUT2D eigenvalue weighted by atomic mass is 32.2. The van der Waals surface area contributed by atoms with Crippen LogP contribution in [-0.2, 0) is 17.3 Å². The van der Waals surface area contributed by atoms with Crippen molar-refractivity contribution < 1.29 is 9.00 Å². The number of aromatic nitrogens is 2. The normalized spacial score (nSPS) is 16.6. The Labute approximate surface area is 186 Å². The topological polar surface area (TPSA) is 66.7 Å². The molecule has 1 amide bonds. The molecule has 0 spiro atoms. The van der Waals surface area contributed by atoms with Gasteiger partial charge in [-0.3, -0.25) is 9.00 Å². The highest BCUT2D eigenvalue weighted by Crippen LogP contribution is 2.22. The minimum atomic E-state index is -0.980. The maximum atomic E-state index is 13.0. The molecule has 0 bridgehead atoms. The number of carbonyl (C=O) groups excluding carboxylic acids is 1. The Kier molecular flexibility index (Phi) is 6.83. The molecule has 2 aromatic heterocycles. The molecule has 1 aliphatic rings. The van der Waals surface area contributed by atoms with E-state index in [1.807, 2.05) is 40.9 Å². The van der Waals surface area contributed by atoms with Gasteiger partial charge in [-0.05, 0) is 61.7 Å². The van der Waals surface area contributed by atoms with Crippen molar-refractivity contribution >= 4 is 22.4 Å². The monoisotopic (exact) mass is 438 g/mol. The number of piperidine rings is 1. The molecule has 0 radical (unpaired) electrons. The van der Waals surface area contributed by atoms with E-state index in [2.05, 4.69) is 29.0 Å². The number of nitrogens with zero attached hydrogens (tertiary/aromatic N) is 3. The molecule has 31 heavy (non-hydrogen) atoms. The molecule has 1 unspecified atom stereocenters. The molecule has 164 valence electrons. The van der Waals surface area contributed by atoms with Crippen molar-refractivity contribution in [2.75, 3.05) is 19.6 Å². The molecular formula is C24H30N4O2S. The Morgan fingerprint density at radius 1 is 1.16 bits per heavy atom. The first kappa shape index (κ1) is 21.7. The van der Waals surface area contributed by atoms with Crippen LogP contribution < -0.4 is 5.32 Å². The molecule has 3 aromatic rings. The highest BCUT2D eigenvalue weighted by molar-refractivity contribution is 7.85. The molecule has 1 fully saturated rings. The number of likely N-dealkylation sites (tertiary alicyclic amines) is 1. The van der Waals surface area contributed by atoms with E-state index < -0.39 is 10.8 Å². The fourth-order valence-corrected chi connectivity index (χ4v) is 5.52. The van der Waals surface area contributed by atoms with Gasteiger partial charge in [-0.2, -0.15) is 0 Å². The maximum Gasteiger partial charge on any atom is 0.253 e. The Morgan fingerprint density at radius 2 is 1.90 bits per heavy atom. The molecule has 0 aliphatic carbocycles. The van der Waals surface area contributed by atoms with Crippen molar-refractivity contribution in [3.8, 4) is 0 Å². The SMILES string of the molecule is CC(C)CN1CCC(S(=O)c2ccc(CNC(=O)c3ccc4nccn4c3)cc2)CC1. The minimum Gasteiger partial charge on any atom is -0.348 e. The average Bonchev–Trinajstić information content (AvgIpc) is 3.25. The van der Waals surface area contributed by atoms with Crippen molar-refractivity contribution in [1.82, 2.24) is 19.6 Å². The van der Waals surface area contributed by atoms with Gasteiger partial charge in [-0.25, -0.2) is 4.98 Å². The van der Waals surface area contributed by atoms with Gasteiger partial charge in [0.1, 0.15) is 5.65 Å². The van der Waals surface area contributed by atoms with Crippen molar-refractivity contribution in [2.45, 2.75) is 43.4 Å². The van der Waals surface area contributed by atoms with E-state index in [1.165, 1.54) is 0 Å². The summed E-state index contributed by atoms with van der Waals surface area (Å²) in [6.45, 7) is 8.10. The Balaban J connectivity index is 1.30. The second kappa shape index (κ2) is 9.75. The molecule has 1 atom stereocenters. The van der Waals surface area contributed by atoms with Crippen LogP contribution in [0.15, 0.2) is 59.9 Å². The highest BCUT2D eigenvalue weighted by Gasteiger charge is 2.25. The largest absolute Gasteiger partial charge is 0.348 e. The standard InChI is InChI=1S/C24H30N4O2S/c1-18(2)16-27-12-9-22(10-13-27)31(30)21-6-3-19(4-7-21)15-26-24(29)20-5-8-23-25-11-14-28(23)17-20/h3-8,11,14,17-18,22H,9-10,12-13,15-16H2,1-2H3,(H,26,29). The average molecular weight is 439 g/mol. The van der Waals surface area contributed by atoms with Crippen LogP contribution in [0.4, 0.5) is 0 Å². The van der Waals surface area contributed by atoms with Crippen molar-refractivity contribution in [3.63, 3.8) is 0 Å². The van der Waals surface area contributed by atoms with Gasteiger partial charge < -0.3 is 14.6 Å². The van der Waals surface area contributed by atoms with Crippen LogP contribution in [0, 0.1) is 5.92 Å². The third-order valence-electron chi connectivity index (χ3n) is 5.72. The van der Waals surface area contributed by atoms with Crippen LogP contribution in [0.5, 0.6) is 0 Å². The van der Waals surface area contributed by atoms with E-state index in [-0.39, 0.29) is 11.2 Å². The first-order valence-corrected chi connectivity index (χ1v) is 12.1. The van der Waals surface area contributed by atoms with Gasteiger partial charge in [-0.15, -0.1) is 0 Å². The molecule has 6 nitrogen and oxygen atoms in total. The summed E-state index contributed by atoms with van der Waals surface area (Å²) < 4.78 is 14.8. The second-order valence-corrected chi connectivity index (χ2v) is 10.4. The first-order valence-electron chi connectivity index (χ1n) is 10.9. The molecule has 1 aromatic carbocycles. The molecule has 1 aliphatic heterocycles. The quantitative estimate of drug-likeness (QED) is 0.613. The zero-order valence-corrected chi connectivity index (χ0v) is 19.0. The molecule has 0 saturated carbocycles. The number of hydrogen-bond acceptors (Lipinski definition) is 4. The van der Waals surface area contributed by atoms with Crippen LogP contribution in [0.1, 0.15) is 42.6 Å². The lowest BCUT2D eigenvalue weighted by Gasteiger charge is -2.32. The van der Waals surface area contributed by atoms with Gasteiger partial charge in [0.15, 0.2) is 0 Å². The van der Waals surface area contributed by atoms with E-state index in [4.69, 9.17) is 0 Å². The lowest BCUT2D eigenvalue weighted by Crippen LogP contribution is -2.39. The number of carbonyl (C=O) groups is 1. The lowest BCUT2D eigenvalue weighted by atomic mass is 10.1. The van der Waals surface area contributed by atoms with Gasteiger partial charge in [0.05, 0.1) is 16.4 Å². The summed E-state index contributed by atoms with van der Waals surface area (Å²) in [5.41, 5.74) is 2.39. The van der Waals surface area contributed by atoms with E-state index in [0.717, 1.165) is 48.6 Å². The van der Waals surface area contributed by atoms with Crippen molar-refractivity contribution in [3.05, 3.63) is 66.1 Å². The zero-order valence-electron chi connectivity index (χ0n) is 18.2. The van der Waals surface area contributed by atoms with Crippen LogP contribution in [0.25, 0.3) is 5.65 Å². The van der Waals surface area contributed by atoms with Gasteiger partial charge in [0, 0.05) is 41.8 Å². The molecule has 1 N–H and O–H groups in total. The predicted octanol–water partition coefficient (Wildman–Crippen LogP) is 3.49. The lowest BCUT2D eigenvalue weighted by molar-refractivity contribution is 0.0950. The van der Waals surface area contributed by atoms with E-state index in [0.29, 0.717) is 18.0 Å². The van der Waals surface area contributed by atoms with Crippen LogP contribution in [-0.4, -0.2) is 49.3 Å². The third-order valence-corrected chi connectivity index (χ3v) is 7.53. The van der Waals surface area contributed by atoms with Gasteiger partial charge in [0.25, 0.3) is 5.91 Å². The molecular weight excluding hydrogens is 408 g/mol. The Hall–Kier alpha value is -2.51. The number of hydrogen-bond donors (Lipinski definition) is 1. The zero-order chi connectivity index (χ0) is 21.8. The number of rotatable bonds is 7. The van der Waals surface area contributed by atoms with Crippen LogP contribution >= 0.6 is 0 Å². The predicted molar refractivity (Wildman–Crippen MR) is 124 cm³/mol. The number of fused-ring (bicyclic) bond motifs is 1. The molecule has 7 heteroatoms. The second-order valence-electron chi connectivity index (χ2n) is 8.63.